The van der Waals surface area contributed by atoms with Gasteiger partial charge in [0.15, 0.2) is 0 Å². The molecule has 1 atom stereocenters. The molecule has 0 aliphatic carbocycles. The van der Waals surface area contributed by atoms with Crippen molar-refractivity contribution in [1.82, 2.24) is 9.80 Å². The van der Waals surface area contributed by atoms with Gasteiger partial charge in [-0.15, -0.1) is 0 Å². The molecular formula is C13H24N2O2. The molecule has 0 bridgehead atoms. The van der Waals surface area contributed by atoms with Crippen LogP contribution in [0.5, 0.6) is 0 Å². The highest BCUT2D eigenvalue weighted by atomic mass is 16.5. The fourth-order valence-electron chi connectivity index (χ4n) is 3.32. The number of hydrogen-bond donors (Lipinski definition) is 0. The fraction of sp³-hybridized carbons (Fsp3) is 0.923. The molecule has 2 aliphatic rings. The van der Waals surface area contributed by atoms with Crippen LogP contribution < -0.4 is 0 Å². The van der Waals surface area contributed by atoms with Crippen LogP contribution in [-0.4, -0.2) is 61.1 Å². The van der Waals surface area contributed by atoms with Crippen molar-refractivity contribution in [3.05, 3.63) is 0 Å². The second kappa shape index (κ2) is 4.94. The zero-order valence-electron chi connectivity index (χ0n) is 11.2. The van der Waals surface area contributed by atoms with Gasteiger partial charge in [0.05, 0.1) is 7.11 Å². The molecule has 0 spiro atoms. The minimum absolute atomic E-state index is 0.0612. The number of nitrogens with zero attached hydrogens (tertiary/aromatic N) is 2. The van der Waals surface area contributed by atoms with E-state index < -0.39 is 0 Å². The van der Waals surface area contributed by atoms with E-state index in [2.05, 4.69) is 16.8 Å². The lowest BCUT2D eigenvalue weighted by Gasteiger charge is -2.42. The maximum absolute atomic E-state index is 12.0. The summed E-state index contributed by atoms with van der Waals surface area (Å²) < 4.78 is 4.99. The Kier molecular flexibility index (Phi) is 3.73. The van der Waals surface area contributed by atoms with Crippen LogP contribution in [0.4, 0.5) is 0 Å². The van der Waals surface area contributed by atoms with Gasteiger partial charge in [-0.1, -0.05) is 0 Å². The van der Waals surface area contributed by atoms with Gasteiger partial charge in [-0.05, 0) is 59.3 Å². The van der Waals surface area contributed by atoms with Crippen molar-refractivity contribution in [1.29, 1.82) is 0 Å². The van der Waals surface area contributed by atoms with Crippen LogP contribution >= 0.6 is 0 Å². The number of likely N-dealkylation sites (tertiary alicyclic amines) is 2. The third-order valence-electron chi connectivity index (χ3n) is 4.45. The molecule has 0 aromatic heterocycles. The largest absolute Gasteiger partial charge is 0.468 e. The monoisotopic (exact) mass is 240 g/mol. The predicted octanol–water partition coefficient (Wildman–Crippen LogP) is 1.11. The number of rotatable bonds is 2. The third kappa shape index (κ3) is 2.33. The molecule has 0 N–H and O–H groups in total. The summed E-state index contributed by atoms with van der Waals surface area (Å²) in [6.07, 6.45) is 4.39. The van der Waals surface area contributed by atoms with Crippen LogP contribution in [0.15, 0.2) is 0 Å². The Morgan fingerprint density at radius 3 is 2.53 bits per heavy atom. The van der Waals surface area contributed by atoms with Gasteiger partial charge in [0, 0.05) is 6.04 Å². The summed E-state index contributed by atoms with van der Waals surface area (Å²) in [6, 6.07) is 0.554. The molecule has 2 saturated heterocycles. The standard InChI is InChI=1S/C13H24N2O2/c1-13(12(16)17-3)7-4-8-15(13)11-5-9-14(2)10-6-11/h11H,4-10H2,1-3H3/t13-/m1/s1. The zero-order chi connectivity index (χ0) is 12.5. The minimum atomic E-state index is -0.380. The van der Waals surface area contributed by atoms with Gasteiger partial charge in [-0.25, -0.2) is 0 Å². The van der Waals surface area contributed by atoms with Crippen molar-refractivity contribution in [2.75, 3.05) is 33.8 Å². The molecule has 0 aromatic carbocycles. The molecule has 0 unspecified atom stereocenters. The van der Waals surface area contributed by atoms with Crippen molar-refractivity contribution in [3.63, 3.8) is 0 Å². The van der Waals surface area contributed by atoms with Gasteiger partial charge in [-0.2, -0.15) is 0 Å². The highest BCUT2D eigenvalue weighted by Gasteiger charge is 2.47. The number of methoxy groups -OCH3 is 1. The molecule has 0 radical (unpaired) electrons. The average Bonchev–Trinajstić information content (AvgIpc) is 2.73. The number of esters is 1. The van der Waals surface area contributed by atoms with E-state index in [9.17, 15) is 4.79 Å². The first kappa shape index (κ1) is 12.8. The maximum atomic E-state index is 12.0. The predicted molar refractivity (Wildman–Crippen MR) is 66.9 cm³/mol. The molecule has 4 heteroatoms. The maximum Gasteiger partial charge on any atom is 0.325 e. The number of carbonyl (C=O) groups is 1. The van der Waals surface area contributed by atoms with Crippen LogP contribution in [0.1, 0.15) is 32.6 Å². The van der Waals surface area contributed by atoms with Crippen LogP contribution in [0.25, 0.3) is 0 Å². The summed E-state index contributed by atoms with van der Waals surface area (Å²) in [5, 5.41) is 0. The quantitative estimate of drug-likeness (QED) is 0.677. The molecule has 2 rings (SSSR count). The molecule has 2 heterocycles. The summed E-state index contributed by atoms with van der Waals surface area (Å²) in [5.74, 6) is -0.0612. The van der Waals surface area contributed by atoms with Gasteiger partial charge in [-0.3, -0.25) is 9.69 Å². The first-order valence-corrected chi connectivity index (χ1v) is 6.61. The number of hydrogen-bond acceptors (Lipinski definition) is 4. The second-order valence-corrected chi connectivity index (χ2v) is 5.60. The summed E-state index contributed by atoms with van der Waals surface area (Å²) in [6.45, 7) is 5.36. The van der Waals surface area contributed by atoms with Crippen molar-refractivity contribution >= 4 is 5.97 Å². The van der Waals surface area contributed by atoms with Crippen molar-refractivity contribution in [2.45, 2.75) is 44.2 Å². The van der Waals surface area contributed by atoms with Gasteiger partial charge in [0.25, 0.3) is 0 Å². The van der Waals surface area contributed by atoms with Crippen LogP contribution in [0.2, 0.25) is 0 Å². The lowest BCUT2D eigenvalue weighted by Crippen LogP contribution is -2.55. The minimum Gasteiger partial charge on any atom is -0.468 e. The Morgan fingerprint density at radius 1 is 1.29 bits per heavy atom. The number of piperidine rings is 1. The van der Waals surface area contributed by atoms with Crippen LogP contribution in [0, 0.1) is 0 Å². The molecule has 0 aromatic rings. The highest BCUT2D eigenvalue weighted by molar-refractivity contribution is 5.80. The SMILES string of the molecule is COC(=O)[C@@]1(C)CCCN1C1CCN(C)CC1. The topological polar surface area (TPSA) is 32.8 Å². The molecule has 2 aliphatic heterocycles. The molecule has 17 heavy (non-hydrogen) atoms. The Balaban J connectivity index is 2.06. The van der Waals surface area contributed by atoms with Crippen molar-refractivity contribution in [3.8, 4) is 0 Å². The van der Waals surface area contributed by atoms with Gasteiger partial charge >= 0.3 is 5.97 Å². The van der Waals surface area contributed by atoms with Gasteiger partial charge < -0.3 is 9.64 Å². The van der Waals surface area contributed by atoms with E-state index in [0.717, 1.165) is 32.5 Å². The Hall–Kier alpha value is -0.610. The first-order valence-electron chi connectivity index (χ1n) is 6.61. The molecule has 0 amide bonds. The Morgan fingerprint density at radius 2 is 1.94 bits per heavy atom. The van der Waals surface area contributed by atoms with Crippen molar-refractivity contribution < 1.29 is 9.53 Å². The van der Waals surface area contributed by atoms with Gasteiger partial charge in [0.1, 0.15) is 5.54 Å². The van der Waals surface area contributed by atoms with Crippen LogP contribution in [0.3, 0.4) is 0 Å². The lowest BCUT2D eigenvalue weighted by molar-refractivity contribution is -0.154. The average molecular weight is 240 g/mol. The van der Waals surface area contributed by atoms with E-state index in [-0.39, 0.29) is 11.5 Å². The molecule has 0 saturated carbocycles. The van der Waals surface area contributed by atoms with E-state index in [4.69, 9.17) is 4.74 Å². The Labute approximate surface area is 104 Å². The number of carbonyl (C=O) groups excluding carboxylic acids is 1. The smallest absolute Gasteiger partial charge is 0.325 e. The highest BCUT2D eigenvalue weighted by Crippen LogP contribution is 2.34. The second-order valence-electron chi connectivity index (χ2n) is 5.60. The summed E-state index contributed by atoms with van der Waals surface area (Å²) in [7, 11) is 3.67. The summed E-state index contributed by atoms with van der Waals surface area (Å²) in [5.41, 5.74) is -0.380. The molecule has 4 nitrogen and oxygen atoms in total. The van der Waals surface area contributed by atoms with Gasteiger partial charge in [0.2, 0.25) is 0 Å². The van der Waals surface area contributed by atoms with E-state index >= 15 is 0 Å². The number of ether oxygens (including phenoxy) is 1. The fourth-order valence-corrected chi connectivity index (χ4v) is 3.32. The van der Waals surface area contributed by atoms with E-state index in [1.54, 1.807) is 0 Å². The molecular weight excluding hydrogens is 216 g/mol. The normalized spacial score (nSPS) is 32.9. The molecule has 98 valence electrons. The van der Waals surface area contributed by atoms with Crippen LogP contribution in [-0.2, 0) is 9.53 Å². The summed E-state index contributed by atoms with van der Waals surface area (Å²) in [4.78, 5) is 16.7. The molecule has 2 fully saturated rings. The van der Waals surface area contributed by atoms with Crippen molar-refractivity contribution in [2.24, 2.45) is 0 Å². The van der Waals surface area contributed by atoms with E-state index in [1.807, 2.05) is 6.92 Å². The first-order chi connectivity index (χ1) is 8.08. The lowest BCUT2D eigenvalue weighted by atomic mass is 9.94. The zero-order valence-corrected chi connectivity index (χ0v) is 11.2. The Bertz CT molecular complexity index is 287. The van der Waals surface area contributed by atoms with E-state index in [1.165, 1.54) is 20.0 Å². The summed E-state index contributed by atoms with van der Waals surface area (Å²) >= 11 is 0. The van der Waals surface area contributed by atoms with E-state index in [0.29, 0.717) is 6.04 Å². The third-order valence-corrected chi connectivity index (χ3v) is 4.45.